The Morgan fingerprint density at radius 2 is 1.92 bits per heavy atom. The lowest BCUT2D eigenvalue weighted by atomic mass is 9.71. The van der Waals surface area contributed by atoms with Crippen LogP contribution in [-0.2, 0) is 4.79 Å². The smallest absolute Gasteiger partial charge is 0.237 e. The molecule has 6 heteroatoms. The third-order valence-electron chi connectivity index (χ3n) is 7.23. The molecular weight excluding hydrogens is 324 g/mol. The summed E-state index contributed by atoms with van der Waals surface area (Å²) in [6.45, 7) is 3.94. The van der Waals surface area contributed by atoms with Gasteiger partial charge in [0.05, 0.1) is 6.04 Å². The van der Waals surface area contributed by atoms with Crippen LogP contribution in [0.2, 0.25) is 0 Å². The predicted molar refractivity (Wildman–Crippen MR) is 92.6 cm³/mol. The predicted octanol–water partition coefficient (Wildman–Crippen LogP) is 1.94. The lowest BCUT2D eigenvalue weighted by Gasteiger charge is -2.43. The monoisotopic (exact) mass is 355 g/mol. The molecule has 4 fully saturated rings. The Morgan fingerprint density at radius 1 is 1.08 bits per heavy atom. The fraction of sp³-hybridized carbons (Fsp3) is 0.947. The van der Waals surface area contributed by atoms with Crippen molar-refractivity contribution >= 4 is 5.91 Å². The summed E-state index contributed by atoms with van der Waals surface area (Å²) >= 11 is 0. The number of amides is 1. The zero-order valence-corrected chi connectivity index (χ0v) is 15.0. The number of alkyl halides is 2. The maximum absolute atomic E-state index is 14.3. The second-order valence-corrected chi connectivity index (χ2v) is 8.82. The van der Waals surface area contributed by atoms with E-state index in [1.807, 2.05) is 0 Å². The van der Waals surface area contributed by atoms with Crippen LogP contribution in [0.1, 0.15) is 45.4 Å². The van der Waals surface area contributed by atoms with Crippen molar-refractivity contribution in [3.05, 3.63) is 0 Å². The highest BCUT2D eigenvalue weighted by atomic mass is 19.1. The van der Waals surface area contributed by atoms with Crippen LogP contribution in [0.15, 0.2) is 0 Å². The lowest BCUT2D eigenvalue weighted by molar-refractivity contribution is -0.124. The normalized spacial score (nSPS) is 50.0. The van der Waals surface area contributed by atoms with Crippen LogP contribution in [-0.4, -0.2) is 49.5 Å². The molecule has 4 aliphatic rings. The quantitative estimate of drug-likeness (QED) is 0.710. The van der Waals surface area contributed by atoms with E-state index in [2.05, 4.69) is 22.9 Å². The molecule has 0 bridgehead atoms. The number of halogens is 2. The molecule has 9 atom stereocenters. The van der Waals surface area contributed by atoms with Gasteiger partial charge in [0.25, 0.3) is 0 Å². The van der Waals surface area contributed by atoms with E-state index in [1.165, 1.54) is 0 Å². The Balaban J connectivity index is 1.40. The van der Waals surface area contributed by atoms with Crippen LogP contribution in [0.4, 0.5) is 8.78 Å². The standard InChI is InChI=1S/C19H31F2N3O/c1-10-2-3-15(21)14-8-17(23-18(10)14)19(25)24-16-7-12(20)6-11-9-22-5-4-13(11)16/h10-18,22-23H,2-9H2,1H3,(H,24,25). The first-order valence-corrected chi connectivity index (χ1v) is 10.1. The fourth-order valence-electron chi connectivity index (χ4n) is 5.86. The first-order valence-electron chi connectivity index (χ1n) is 10.1. The van der Waals surface area contributed by atoms with Gasteiger partial charge >= 0.3 is 0 Å². The Labute approximate surface area is 148 Å². The number of carbonyl (C=O) groups excluding carboxylic acids is 1. The maximum atomic E-state index is 14.3. The van der Waals surface area contributed by atoms with E-state index in [9.17, 15) is 13.6 Å². The molecule has 2 saturated carbocycles. The van der Waals surface area contributed by atoms with Gasteiger partial charge in [-0.1, -0.05) is 6.92 Å². The molecule has 2 saturated heterocycles. The van der Waals surface area contributed by atoms with E-state index in [1.54, 1.807) is 0 Å². The molecule has 0 aromatic heterocycles. The summed E-state index contributed by atoms with van der Waals surface area (Å²) in [6.07, 6.45) is 2.46. The number of piperidine rings is 1. The summed E-state index contributed by atoms with van der Waals surface area (Å²) in [5.41, 5.74) is 0. The summed E-state index contributed by atoms with van der Waals surface area (Å²) in [4.78, 5) is 12.8. The third-order valence-corrected chi connectivity index (χ3v) is 7.23. The number of fused-ring (bicyclic) bond motifs is 2. The summed E-state index contributed by atoms with van der Waals surface area (Å²) in [6, 6.07) is -0.299. The molecule has 0 spiro atoms. The molecular formula is C19H31F2N3O. The average Bonchev–Trinajstić information content (AvgIpc) is 3.05. The van der Waals surface area contributed by atoms with Gasteiger partial charge in [-0.15, -0.1) is 0 Å². The average molecular weight is 355 g/mol. The van der Waals surface area contributed by atoms with Crippen LogP contribution in [0, 0.1) is 23.7 Å². The van der Waals surface area contributed by atoms with Gasteiger partial charge < -0.3 is 16.0 Å². The van der Waals surface area contributed by atoms with Crippen LogP contribution >= 0.6 is 0 Å². The second-order valence-electron chi connectivity index (χ2n) is 8.82. The van der Waals surface area contributed by atoms with E-state index >= 15 is 0 Å². The van der Waals surface area contributed by atoms with Crippen molar-refractivity contribution in [3.63, 3.8) is 0 Å². The molecule has 1 amide bonds. The minimum absolute atomic E-state index is 0.0496. The van der Waals surface area contributed by atoms with Gasteiger partial charge in [0.15, 0.2) is 0 Å². The zero-order valence-electron chi connectivity index (χ0n) is 15.0. The van der Waals surface area contributed by atoms with E-state index in [0.717, 1.165) is 25.9 Å². The molecule has 0 aromatic carbocycles. The lowest BCUT2D eigenvalue weighted by Crippen LogP contribution is -2.56. The van der Waals surface area contributed by atoms with Gasteiger partial charge in [-0.25, -0.2) is 8.78 Å². The van der Waals surface area contributed by atoms with Gasteiger partial charge in [-0.2, -0.15) is 0 Å². The van der Waals surface area contributed by atoms with Gasteiger partial charge in [-0.05, 0) is 69.4 Å². The molecule has 0 aromatic rings. The summed E-state index contributed by atoms with van der Waals surface area (Å²) in [7, 11) is 0. The van der Waals surface area contributed by atoms with Gasteiger partial charge in [0.2, 0.25) is 5.91 Å². The first-order chi connectivity index (χ1) is 12.0. The molecule has 9 unspecified atom stereocenters. The van der Waals surface area contributed by atoms with E-state index < -0.39 is 12.3 Å². The van der Waals surface area contributed by atoms with E-state index in [-0.39, 0.29) is 30.0 Å². The van der Waals surface area contributed by atoms with Crippen LogP contribution in [0.25, 0.3) is 0 Å². The molecule has 142 valence electrons. The number of hydrogen-bond donors (Lipinski definition) is 3. The van der Waals surface area contributed by atoms with Gasteiger partial charge in [0, 0.05) is 18.0 Å². The number of nitrogens with one attached hydrogen (secondary N) is 3. The van der Waals surface area contributed by atoms with Crippen molar-refractivity contribution in [1.29, 1.82) is 0 Å². The SMILES string of the molecule is CC1CCC(F)C2CC(C(=O)NC3CC(F)CC4CNCCC43)NC12. The Kier molecular flexibility index (Phi) is 5.02. The van der Waals surface area contributed by atoms with E-state index in [4.69, 9.17) is 0 Å². The van der Waals surface area contributed by atoms with Crippen molar-refractivity contribution in [2.75, 3.05) is 13.1 Å². The molecule has 2 aliphatic heterocycles. The summed E-state index contributed by atoms with van der Waals surface area (Å²) in [5.74, 6) is 0.996. The first kappa shape index (κ1) is 17.7. The summed E-state index contributed by atoms with van der Waals surface area (Å²) < 4.78 is 28.4. The van der Waals surface area contributed by atoms with Crippen LogP contribution in [0.3, 0.4) is 0 Å². The van der Waals surface area contributed by atoms with Crippen molar-refractivity contribution in [3.8, 4) is 0 Å². The molecule has 2 aliphatic carbocycles. The van der Waals surface area contributed by atoms with Gasteiger partial charge in [-0.3, -0.25) is 4.79 Å². The van der Waals surface area contributed by atoms with Crippen molar-refractivity contribution in [1.82, 2.24) is 16.0 Å². The number of rotatable bonds is 2. The van der Waals surface area contributed by atoms with E-state index in [0.29, 0.717) is 43.4 Å². The van der Waals surface area contributed by atoms with Crippen LogP contribution in [0.5, 0.6) is 0 Å². The Hall–Kier alpha value is -0.750. The molecule has 3 N–H and O–H groups in total. The second kappa shape index (κ2) is 7.10. The molecule has 2 heterocycles. The highest BCUT2D eigenvalue weighted by Gasteiger charge is 2.47. The molecule has 4 nitrogen and oxygen atoms in total. The maximum Gasteiger partial charge on any atom is 0.237 e. The van der Waals surface area contributed by atoms with Gasteiger partial charge in [0.1, 0.15) is 12.3 Å². The van der Waals surface area contributed by atoms with Crippen LogP contribution < -0.4 is 16.0 Å². The topological polar surface area (TPSA) is 53.2 Å². The Bertz CT molecular complexity index is 487. The fourth-order valence-corrected chi connectivity index (χ4v) is 5.86. The number of hydrogen-bond acceptors (Lipinski definition) is 3. The van der Waals surface area contributed by atoms with Crippen molar-refractivity contribution in [2.24, 2.45) is 23.7 Å². The Morgan fingerprint density at radius 3 is 2.72 bits per heavy atom. The molecule has 0 radical (unpaired) electrons. The molecule has 25 heavy (non-hydrogen) atoms. The zero-order chi connectivity index (χ0) is 17.6. The largest absolute Gasteiger partial charge is 0.352 e. The third kappa shape index (κ3) is 3.44. The minimum Gasteiger partial charge on any atom is -0.352 e. The number of carbonyl (C=O) groups is 1. The summed E-state index contributed by atoms with van der Waals surface area (Å²) in [5, 5.41) is 9.87. The highest BCUT2D eigenvalue weighted by Crippen LogP contribution is 2.39. The van der Waals surface area contributed by atoms with Crippen molar-refractivity contribution < 1.29 is 13.6 Å². The molecule has 4 rings (SSSR count). The minimum atomic E-state index is -0.833. The highest BCUT2D eigenvalue weighted by molar-refractivity contribution is 5.82. The van der Waals surface area contributed by atoms with Crippen molar-refractivity contribution in [2.45, 2.75) is 75.9 Å².